The molecule has 22 heavy (non-hydrogen) atoms. The SMILES string of the molecule is Cl.N[C@@H]1CCN(C(=O)C2CCN(c3cccc(Cl)c3)C2=O)C1. The molecule has 5 nitrogen and oxygen atoms in total. The molecule has 2 aliphatic rings. The summed E-state index contributed by atoms with van der Waals surface area (Å²) in [5, 5.41) is 0.584. The molecule has 1 unspecified atom stereocenters. The average Bonchev–Trinajstić information content (AvgIpc) is 3.04. The molecular formula is C15H19Cl2N3O2. The van der Waals surface area contributed by atoms with Crippen LogP contribution < -0.4 is 10.6 Å². The fourth-order valence-corrected chi connectivity index (χ4v) is 3.20. The quantitative estimate of drug-likeness (QED) is 0.830. The Morgan fingerprint density at radius 3 is 2.68 bits per heavy atom. The molecule has 2 heterocycles. The second-order valence-corrected chi connectivity index (χ2v) is 6.08. The Kier molecular flexibility index (Phi) is 5.32. The van der Waals surface area contributed by atoms with Gasteiger partial charge in [0.1, 0.15) is 5.92 Å². The third kappa shape index (κ3) is 3.21. The van der Waals surface area contributed by atoms with Crippen LogP contribution in [0.5, 0.6) is 0 Å². The van der Waals surface area contributed by atoms with Crippen molar-refractivity contribution in [3.05, 3.63) is 29.3 Å². The second kappa shape index (κ2) is 6.86. The molecule has 0 spiro atoms. The summed E-state index contributed by atoms with van der Waals surface area (Å²) < 4.78 is 0. The molecule has 3 rings (SSSR count). The standard InChI is InChI=1S/C15H18ClN3O2.ClH/c16-10-2-1-3-12(8-10)19-7-5-13(15(19)21)14(20)18-6-4-11(17)9-18;/h1-3,8,11,13H,4-7,9,17H2;1H/t11-,13?;/m1./s1. The van der Waals surface area contributed by atoms with Crippen LogP contribution in [0, 0.1) is 5.92 Å². The van der Waals surface area contributed by atoms with E-state index in [4.69, 9.17) is 17.3 Å². The molecular weight excluding hydrogens is 325 g/mol. The number of amides is 2. The first-order chi connectivity index (χ1) is 10.1. The highest BCUT2D eigenvalue weighted by molar-refractivity contribution is 6.31. The van der Waals surface area contributed by atoms with Crippen LogP contribution in [0.15, 0.2) is 24.3 Å². The highest BCUT2D eigenvalue weighted by atomic mass is 35.5. The van der Waals surface area contributed by atoms with Crippen molar-refractivity contribution in [2.45, 2.75) is 18.9 Å². The number of likely N-dealkylation sites (tertiary alicyclic amines) is 1. The summed E-state index contributed by atoms with van der Waals surface area (Å²) in [4.78, 5) is 28.3. The van der Waals surface area contributed by atoms with Gasteiger partial charge in [0.15, 0.2) is 0 Å². The Hall–Kier alpha value is -1.30. The van der Waals surface area contributed by atoms with Gasteiger partial charge in [-0.1, -0.05) is 17.7 Å². The molecule has 2 amide bonds. The molecule has 1 aromatic carbocycles. The molecule has 0 aromatic heterocycles. The largest absolute Gasteiger partial charge is 0.340 e. The minimum atomic E-state index is -0.575. The number of hydrogen-bond donors (Lipinski definition) is 1. The summed E-state index contributed by atoms with van der Waals surface area (Å²) in [6, 6.07) is 7.19. The Labute approximate surface area is 140 Å². The first-order valence-electron chi connectivity index (χ1n) is 7.17. The zero-order valence-corrected chi connectivity index (χ0v) is 13.6. The lowest BCUT2D eigenvalue weighted by molar-refractivity contribution is -0.139. The fourth-order valence-electron chi connectivity index (χ4n) is 3.02. The normalized spacial score (nSPS) is 24.5. The van der Waals surface area contributed by atoms with Crippen molar-refractivity contribution in [1.82, 2.24) is 4.90 Å². The van der Waals surface area contributed by atoms with Gasteiger partial charge in [0.2, 0.25) is 11.8 Å². The van der Waals surface area contributed by atoms with Crippen molar-refractivity contribution < 1.29 is 9.59 Å². The maximum atomic E-state index is 12.5. The van der Waals surface area contributed by atoms with Crippen molar-refractivity contribution in [3.8, 4) is 0 Å². The van der Waals surface area contributed by atoms with Crippen molar-refractivity contribution in [3.63, 3.8) is 0 Å². The van der Waals surface area contributed by atoms with Gasteiger partial charge < -0.3 is 15.5 Å². The maximum Gasteiger partial charge on any atom is 0.239 e. The topological polar surface area (TPSA) is 66.6 Å². The van der Waals surface area contributed by atoms with Gasteiger partial charge in [-0.15, -0.1) is 12.4 Å². The van der Waals surface area contributed by atoms with Crippen LogP contribution in [0.3, 0.4) is 0 Å². The zero-order valence-electron chi connectivity index (χ0n) is 12.1. The number of carbonyl (C=O) groups excluding carboxylic acids is 2. The summed E-state index contributed by atoms with van der Waals surface area (Å²) >= 11 is 5.96. The third-order valence-electron chi connectivity index (χ3n) is 4.16. The fraction of sp³-hybridized carbons (Fsp3) is 0.467. The maximum absolute atomic E-state index is 12.5. The average molecular weight is 344 g/mol. The molecule has 0 bridgehead atoms. The van der Waals surface area contributed by atoms with Gasteiger partial charge in [-0.25, -0.2) is 0 Å². The second-order valence-electron chi connectivity index (χ2n) is 5.64. The summed E-state index contributed by atoms with van der Waals surface area (Å²) in [6.45, 7) is 1.76. The van der Waals surface area contributed by atoms with Crippen molar-refractivity contribution in [2.75, 3.05) is 24.5 Å². The minimum Gasteiger partial charge on any atom is -0.340 e. The van der Waals surface area contributed by atoms with Gasteiger partial charge in [-0.05, 0) is 31.0 Å². The molecule has 1 aromatic rings. The number of benzene rings is 1. The number of carbonyl (C=O) groups is 2. The molecule has 120 valence electrons. The third-order valence-corrected chi connectivity index (χ3v) is 4.39. The smallest absolute Gasteiger partial charge is 0.239 e. The van der Waals surface area contributed by atoms with Gasteiger partial charge in [0, 0.05) is 36.4 Å². The minimum absolute atomic E-state index is 0. The van der Waals surface area contributed by atoms with Crippen LogP contribution >= 0.6 is 24.0 Å². The Balaban J connectivity index is 0.00000176. The van der Waals surface area contributed by atoms with Gasteiger partial charge in [0.25, 0.3) is 0 Å². The van der Waals surface area contributed by atoms with Crippen LogP contribution in [0.1, 0.15) is 12.8 Å². The number of nitrogens with two attached hydrogens (primary N) is 1. The molecule has 2 fully saturated rings. The van der Waals surface area contributed by atoms with E-state index in [0.717, 1.165) is 12.1 Å². The van der Waals surface area contributed by atoms with Crippen molar-refractivity contribution in [2.24, 2.45) is 11.7 Å². The lowest BCUT2D eigenvalue weighted by atomic mass is 10.1. The number of halogens is 2. The van der Waals surface area contributed by atoms with E-state index < -0.39 is 5.92 Å². The molecule has 0 radical (unpaired) electrons. The van der Waals surface area contributed by atoms with Crippen molar-refractivity contribution >= 4 is 41.5 Å². The number of rotatable bonds is 2. The van der Waals surface area contributed by atoms with Crippen LogP contribution in [-0.2, 0) is 9.59 Å². The van der Waals surface area contributed by atoms with Crippen molar-refractivity contribution in [1.29, 1.82) is 0 Å². The number of anilines is 1. The van der Waals surface area contributed by atoms with E-state index in [2.05, 4.69) is 0 Å². The zero-order chi connectivity index (χ0) is 15.0. The van der Waals surface area contributed by atoms with Crippen LogP contribution in [0.25, 0.3) is 0 Å². The monoisotopic (exact) mass is 343 g/mol. The summed E-state index contributed by atoms with van der Waals surface area (Å²) in [6.07, 6.45) is 1.36. The van der Waals surface area contributed by atoms with E-state index >= 15 is 0 Å². The number of hydrogen-bond acceptors (Lipinski definition) is 3. The Morgan fingerprint density at radius 1 is 1.27 bits per heavy atom. The molecule has 2 atom stereocenters. The molecule has 0 saturated carbocycles. The van der Waals surface area contributed by atoms with E-state index in [9.17, 15) is 9.59 Å². The molecule has 7 heteroatoms. The molecule has 2 N–H and O–H groups in total. The lowest BCUT2D eigenvalue weighted by Gasteiger charge is -2.20. The van der Waals surface area contributed by atoms with E-state index in [1.165, 1.54) is 0 Å². The highest BCUT2D eigenvalue weighted by Crippen LogP contribution is 2.28. The van der Waals surface area contributed by atoms with E-state index in [0.29, 0.717) is 31.1 Å². The summed E-state index contributed by atoms with van der Waals surface area (Å²) in [5.41, 5.74) is 6.58. The Bertz CT molecular complexity index is 582. The van der Waals surface area contributed by atoms with Crippen LogP contribution in [-0.4, -0.2) is 42.4 Å². The van der Waals surface area contributed by atoms with Crippen LogP contribution in [0.2, 0.25) is 5.02 Å². The van der Waals surface area contributed by atoms with E-state index in [1.807, 2.05) is 6.07 Å². The highest BCUT2D eigenvalue weighted by Gasteiger charge is 2.40. The first kappa shape index (κ1) is 17.1. The number of nitrogens with zero attached hydrogens (tertiary/aromatic N) is 2. The summed E-state index contributed by atoms with van der Waals surface area (Å²) in [7, 11) is 0. The van der Waals surface area contributed by atoms with Crippen LogP contribution in [0.4, 0.5) is 5.69 Å². The van der Waals surface area contributed by atoms with Gasteiger partial charge in [0.05, 0.1) is 0 Å². The predicted octanol–water partition coefficient (Wildman–Crippen LogP) is 1.67. The van der Waals surface area contributed by atoms with Gasteiger partial charge in [-0.3, -0.25) is 9.59 Å². The van der Waals surface area contributed by atoms with E-state index in [1.54, 1.807) is 28.0 Å². The first-order valence-corrected chi connectivity index (χ1v) is 7.55. The molecule has 2 aliphatic heterocycles. The molecule has 2 saturated heterocycles. The summed E-state index contributed by atoms with van der Waals surface area (Å²) in [5.74, 6) is -0.797. The van der Waals surface area contributed by atoms with E-state index in [-0.39, 0.29) is 30.3 Å². The van der Waals surface area contributed by atoms with Gasteiger partial charge in [-0.2, -0.15) is 0 Å². The van der Waals surface area contributed by atoms with Gasteiger partial charge >= 0.3 is 0 Å². The molecule has 0 aliphatic carbocycles. The predicted molar refractivity (Wildman–Crippen MR) is 88.3 cm³/mol. The lowest BCUT2D eigenvalue weighted by Crippen LogP contribution is -2.40. The Morgan fingerprint density at radius 2 is 2.05 bits per heavy atom.